The molecule has 0 saturated heterocycles. The second-order valence-electron chi connectivity index (χ2n) is 2.20. The second kappa shape index (κ2) is 3.40. The van der Waals surface area contributed by atoms with Crippen LogP contribution < -0.4 is 5.59 Å². The number of nitrogens with zero attached hydrogens (tertiary/aromatic N) is 1. The van der Waals surface area contributed by atoms with E-state index in [2.05, 4.69) is 11.9 Å². The molecule has 51 valence electrons. The van der Waals surface area contributed by atoms with Gasteiger partial charge in [-0.05, 0) is 18.1 Å². The average molecular weight is 132 g/mol. The minimum Gasteiger partial charge on any atom is -0.269 e. The van der Waals surface area contributed by atoms with Crippen LogP contribution in [-0.4, -0.2) is 12.3 Å². The summed E-state index contributed by atoms with van der Waals surface area (Å²) in [7, 11) is 2.01. The summed E-state index contributed by atoms with van der Waals surface area (Å²) in [5.41, 5.74) is 2.23. The SMILES string of the molecule is C[B]c1cccc(CC)n1. The van der Waals surface area contributed by atoms with Gasteiger partial charge in [-0.15, -0.1) is 0 Å². The predicted octanol–water partition coefficient (Wildman–Crippen LogP) is 1.02. The Morgan fingerprint density at radius 1 is 1.50 bits per heavy atom. The van der Waals surface area contributed by atoms with Gasteiger partial charge < -0.3 is 0 Å². The molecule has 0 spiro atoms. The van der Waals surface area contributed by atoms with Crippen molar-refractivity contribution >= 4 is 12.9 Å². The molecule has 0 aliphatic heterocycles. The van der Waals surface area contributed by atoms with Gasteiger partial charge in [-0.25, -0.2) is 0 Å². The Balaban J connectivity index is 2.87. The van der Waals surface area contributed by atoms with Gasteiger partial charge in [-0.2, -0.15) is 0 Å². The Kier molecular flexibility index (Phi) is 2.49. The van der Waals surface area contributed by atoms with Crippen molar-refractivity contribution < 1.29 is 0 Å². The monoisotopic (exact) mass is 132 g/mol. The van der Waals surface area contributed by atoms with Gasteiger partial charge in [0.25, 0.3) is 0 Å². The van der Waals surface area contributed by atoms with E-state index in [1.807, 2.05) is 32.3 Å². The molecule has 0 aliphatic rings. The summed E-state index contributed by atoms with van der Waals surface area (Å²) in [5, 5.41) is 0. The fraction of sp³-hybridized carbons (Fsp3) is 0.375. The summed E-state index contributed by atoms with van der Waals surface area (Å²) >= 11 is 0. The van der Waals surface area contributed by atoms with E-state index in [9.17, 15) is 0 Å². The predicted molar refractivity (Wildman–Crippen MR) is 44.9 cm³/mol. The van der Waals surface area contributed by atoms with Crippen LogP contribution in [0.2, 0.25) is 6.82 Å². The van der Waals surface area contributed by atoms with Crippen molar-refractivity contribution in [3.05, 3.63) is 23.9 Å². The lowest BCUT2D eigenvalue weighted by atomic mass is 9.77. The highest BCUT2D eigenvalue weighted by atomic mass is 14.7. The second-order valence-corrected chi connectivity index (χ2v) is 2.20. The Hall–Kier alpha value is -0.785. The number of aromatic nitrogens is 1. The molecule has 1 aromatic rings. The van der Waals surface area contributed by atoms with Crippen molar-refractivity contribution in [1.82, 2.24) is 4.98 Å². The van der Waals surface area contributed by atoms with Crippen LogP contribution in [-0.2, 0) is 6.42 Å². The van der Waals surface area contributed by atoms with Crippen molar-refractivity contribution in [1.29, 1.82) is 0 Å². The largest absolute Gasteiger partial charge is 0.269 e. The molecule has 2 heteroatoms. The molecule has 0 N–H and O–H groups in total. The molecule has 0 bridgehead atoms. The Labute approximate surface area is 62.7 Å². The molecular formula is C8H11BN. The summed E-state index contributed by atoms with van der Waals surface area (Å²) in [6.07, 6.45) is 1.02. The lowest BCUT2D eigenvalue weighted by molar-refractivity contribution is 1.05. The number of aryl methyl sites for hydroxylation is 1. The maximum Gasteiger partial charge on any atom is 0.174 e. The smallest absolute Gasteiger partial charge is 0.174 e. The maximum atomic E-state index is 4.35. The van der Waals surface area contributed by atoms with Crippen molar-refractivity contribution in [2.45, 2.75) is 20.2 Å². The molecule has 10 heavy (non-hydrogen) atoms. The molecule has 0 aliphatic carbocycles. The molecule has 1 nitrogen and oxygen atoms in total. The average Bonchev–Trinajstić information content (AvgIpc) is 2.05. The zero-order valence-corrected chi connectivity index (χ0v) is 6.46. The van der Waals surface area contributed by atoms with E-state index in [1.165, 1.54) is 0 Å². The molecule has 0 atom stereocenters. The first-order valence-corrected chi connectivity index (χ1v) is 3.62. The zero-order valence-electron chi connectivity index (χ0n) is 6.46. The van der Waals surface area contributed by atoms with E-state index in [0.29, 0.717) is 0 Å². The highest BCUT2D eigenvalue weighted by molar-refractivity contribution is 6.50. The molecule has 1 rings (SSSR count). The standard InChI is InChI=1S/C8H11BN/c1-3-7-5-4-6-8(9-2)10-7/h4-6H,3H2,1-2H3. The fourth-order valence-electron chi connectivity index (χ4n) is 0.856. The van der Waals surface area contributed by atoms with Gasteiger partial charge in [-0.3, -0.25) is 4.98 Å². The highest BCUT2D eigenvalue weighted by Gasteiger charge is 1.92. The lowest BCUT2D eigenvalue weighted by Gasteiger charge is -1.97. The van der Waals surface area contributed by atoms with Crippen LogP contribution in [0.3, 0.4) is 0 Å². The molecule has 1 radical (unpaired) electrons. The Bertz CT molecular complexity index is 191. The van der Waals surface area contributed by atoms with E-state index in [4.69, 9.17) is 0 Å². The molecule has 0 saturated carbocycles. The lowest BCUT2D eigenvalue weighted by Crippen LogP contribution is -2.15. The first-order valence-electron chi connectivity index (χ1n) is 3.62. The Morgan fingerprint density at radius 3 is 2.90 bits per heavy atom. The fourth-order valence-corrected chi connectivity index (χ4v) is 0.856. The van der Waals surface area contributed by atoms with Gasteiger partial charge in [0.2, 0.25) is 0 Å². The molecule has 1 heterocycles. The first kappa shape index (κ1) is 7.32. The van der Waals surface area contributed by atoms with Crippen molar-refractivity contribution in [2.24, 2.45) is 0 Å². The van der Waals surface area contributed by atoms with Gasteiger partial charge in [0.05, 0.1) is 0 Å². The van der Waals surface area contributed by atoms with Crippen LogP contribution in [0.15, 0.2) is 18.2 Å². The molecule has 0 fully saturated rings. The number of rotatable bonds is 2. The molecule has 1 aromatic heterocycles. The van der Waals surface area contributed by atoms with E-state index in [0.717, 1.165) is 17.7 Å². The van der Waals surface area contributed by atoms with Gasteiger partial charge in [0.15, 0.2) is 7.28 Å². The topological polar surface area (TPSA) is 12.9 Å². The van der Waals surface area contributed by atoms with Crippen molar-refractivity contribution in [3.63, 3.8) is 0 Å². The van der Waals surface area contributed by atoms with Crippen molar-refractivity contribution in [3.8, 4) is 0 Å². The minimum atomic E-state index is 1.02. The highest BCUT2D eigenvalue weighted by Crippen LogP contribution is 1.90. The normalized spacial score (nSPS) is 9.40. The molecule has 0 amide bonds. The molecule has 0 aromatic carbocycles. The number of pyridine rings is 1. The van der Waals surface area contributed by atoms with Crippen LogP contribution >= 0.6 is 0 Å². The van der Waals surface area contributed by atoms with Gasteiger partial charge >= 0.3 is 0 Å². The van der Waals surface area contributed by atoms with Crippen LogP contribution in [0.1, 0.15) is 12.6 Å². The Morgan fingerprint density at radius 2 is 2.30 bits per heavy atom. The third-order valence-electron chi connectivity index (χ3n) is 1.49. The zero-order chi connectivity index (χ0) is 7.40. The maximum absolute atomic E-state index is 4.35. The summed E-state index contributed by atoms with van der Waals surface area (Å²) in [6, 6.07) is 6.10. The summed E-state index contributed by atoms with van der Waals surface area (Å²) in [5.74, 6) is 0. The van der Waals surface area contributed by atoms with E-state index in [1.54, 1.807) is 0 Å². The van der Waals surface area contributed by atoms with Crippen molar-refractivity contribution in [2.75, 3.05) is 0 Å². The van der Waals surface area contributed by atoms with Crippen LogP contribution in [0.25, 0.3) is 0 Å². The summed E-state index contributed by atoms with van der Waals surface area (Å²) < 4.78 is 0. The van der Waals surface area contributed by atoms with Crippen LogP contribution in [0.4, 0.5) is 0 Å². The summed E-state index contributed by atoms with van der Waals surface area (Å²) in [4.78, 5) is 4.35. The van der Waals surface area contributed by atoms with Crippen LogP contribution in [0.5, 0.6) is 0 Å². The number of hydrogen-bond donors (Lipinski definition) is 0. The van der Waals surface area contributed by atoms with Crippen LogP contribution in [0, 0.1) is 0 Å². The van der Waals surface area contributed by atoms with Gasteiger partial charge in [-0.1, -0.05) is 25.9 Å². The van der Waals surface area contributed by atoms with E-state index in [-0.39, 0.29) is 0 Å². The third-order valence-corrected chi connectivity index (χ3v) is 1.49. The van der Waals surface area contributed by atoms with E-state index >= 15 is 0 Å². The first-order chi connectivity index (χ1) is 4.86. The quantitative estimate of drug-likeness (QED) is 0.547. The van der Waals surface area contributed by atoms with E-state index < -0.39 is 0 Å². The van der Waals surface area contributed by atoms with Gasteiger partial charge in [0, 0.05) is 5.69 Å². The third kappa shape index (κ3) is 1.60. The molecule has 0 unspecified atom stereocenters. The number of hydrogen-bond acceptors (Lipinski definition) is 1. The summed E-state index contributed by atoms with van der Waals surface area (Å²) in [6.45, 7) is 4.11. The molecular weight excluding hydrogens is 121 g/mol. The van der Waals surface area contributed by atoms with Gasteiger partial charge in [0.1, 0.15) is 0 Å². The minimum absolute atomic E-state index is 1.02.